The van der Waals surface area contributed by atoms with Gasteiger partial charge < -0.3 is 5.11 Å². The standard InChI is InChI=1S/C24H22N2O/c1-14-8-9-21-18(12-14)13-16(3)23(24(21)27)26-25-22-11-10-19-15(2)6-5-7-20(19)17(22)4/h5-13,27H,1-4H3. The number of aryl methyl sites for hydroxylation is 4. The van der Waals surface area contributed by atoms with Crippen LogP contribution in [-0.4, -0.2) is 5.11 Å². The molecule has 27 heavy (non-hydrogen) atoms. The van der Waals surface area contributed by atoms with Gasteiger partial charge in [-0.1, -0.05) is 48.0 Å². The van der Waals surface area contributed by atoms with E-state index in [1.165, 1.54) is 16.3 Å². The van der Waals surface area contributed by atoms with E-state index in [0.29, 0.717) is 5.69 Å². The molecule has 0 aliphatic heterocycles. The molecule has 0 saturated carbocycles. The van der Waals surface area contributed by atoms with Crippen LogP contribution in [0.25, 0.3) is 21.5 Å². The molecule has 4 aromatic rings. The largest absolute Gasteiger partial charge is 0.505 e. The summed E-state index contributed by atoms with van der Waals surface area (Å²) in [6, 6.07) is 18.4. The highest BCUT2D eigenvalue weighted by Crippen LogP contribution is 2.39. The molecule has 4 aromatic carbocycles. The molecule has 0 atom stereocenters. The Morgan fingerprint density at radius 3 is 2.30 bits per heavy atom. The number of aromatic hydroxyl groups is 1. The highest BCUT2D eigenvalue weighted by molar-refractivity contribution is 5.94. The van der Waals surface area contributed by atoms with E-state index >= 15 is 0 Å². The molecule has 0 fully saturated rings. The second kappa shape index (κ2) is 6.51. The maximum atomic E-state index is 10.7. The van der Waals surface area contributed by atoms with Gasteiger partial charge in [-0.05, 0) is 72.7 Å². The number of hydrogen-bond acceptors (Lipinski definition) is 3. The summed E-state index contributed by atoms with van der Waals surface area (Å²) in [7, 11) is 0. The van der Waals surface area contributed by atoms with E-state index in [1.54, 1.807) is 0 Å². The van der Waals surface area contributed by atoms with Crippen LogP contribution in [0.3, 0.4) is 0 Å². The third kappa shape index (κ3) is 2.95. The number of benzene rings is 4. The van der Waals surface area contributed by atoms with Crippen LogP contribution in [0, 0.1) is 27.7 Å². The van der Waals surface area contributed by atoms with Crippen LogP contribution in [0.1, 0.15) is 22.3 Å². The number of phenolic OH excluding ortho intramolecular Hbond substituents is 1. The summed E-state index contributed by atoms with van der Waals surface area (Å²) >= 11 is 0. The number of phenols is 1. The van der Waals surface area contributed by atoms with E-state index in [4.69, 9.17) is 0 Å². The molecule has 3 heteroatoms. The van der Waals surface area contributed by atoms with E-state index in [0.717, 1.165) is 33.2 Å². The first-order valence-electron chi connectivity index (χ1n) is 9.09. The van der Waals surface area contributed by atoms with Crippen molar-refractivity contribution in [1.29, 1.82) is 0 Å². The molecule has 0 aliphatic rings. The average Bonchev–Trinajstić information content (AvgIpc) is 2.63. The maximum absolute atomic E-state index is 10.7. The molecule has 0 spiro atoms. The van der Waals surface area contributed by atoms with Gasteiger partial charge in [0.25, 0.3) is 0 Å². The second-order valence-corrected chi connectivity index (χ2v) is 7.19. The Morgan fingerprint density at radius 2 is 1.48 bits per heavy atom. The molecular formula is C24H22N2O. The van der Waals surface area contributed by atoms with Crippen LogP contribution >= 0.6 is 0 Å². The molecule has 0 aliphatic carbocycles. The SMILES string of the molecule is Cc1ccc2c(O)c(N=Nc3ccc4c(C)cccc4c3C)c(C)cc2c1. The monoisotopic (exact) mass is 354 g/mol. The lowest BCUT2D eigenvalue weighted by Gasteiger charge is -2.09. The van der Waals surface area contributed by atoms with Gasteiger partial charge in [-0.25, -0.2) is 0 Å². The normalized spacial score (nSPS) is 11.7. The summed E-state index contributed by atoms with van der Waals surface area (Å²) in [6.45, 7) is 8.17. The molecule has 0 unspecified atom stereocenters. The molecule has 0 radical (unpaired) electrons. The Morgan fingerprint density at radius 1 is 0.704 bits per heavy atom. The van der Waals surface area contributed by atoms with Crippen molar-refractivity contribution in [2.75, 3.05) is 0 Å². The van der Waals surface area contributed by atoms with Gasteiger partial charge in [-0.15, -0.1) is 5.11 Å². The van der Waals surface area contributed by atoms with Gasteiger partial charge in [-0.2, -0.15) is 5.11 Å². The van der Waals surface area contributed by atoms with Crippen LogP contribution < -0.4 is 0 Å². The minimum Gasteiger partial charge on any atom is -0.505 e. The van der Waals surface area contributed by atoms with Gasteiger partial charge in [-0.3, -0.25) is 0 Å². The summed E-state index contributed by atoms with van der Waals surface area (Å²) in [5, 5.41) is 23.8. The first kappa shape index (κ1) is 17.2. The Balaban J connectivity index is 1.83. The van der Waals surface area contributed by atoms with E-state index in [9.17, 15) is 5.11 Å². The molecule has 1 N–H and O–H groups in total. The predicted octanol–water partition coefficient (Wildman–Crippen LogP) is 7.35. The van der Waals surface area contributed by atoms with Crippen molar-refractivity contribution in [3.8, 4) is 5.75 Å². The van der Waals surface area contributed by atoms with Crippen molar-refractivity contribution < 1.29 is 5.11 Å². The molecule has 0 heterocycles. The van der Waals surface area contributed by atoms with Gasteiger partial charge in [0.05, 0.1) is 5.69 Å². The summed E-state index contributed by atoms with van der Waals surface area (Å²) in [5.74, 6) is 0.183. The van der Waals surface area contributed by atoms with Gasteiger partial charge in [0.2, 0.25) is 0 Å². The minimum absolute atomic E-state index is 0.183. The van der Waals surface area contributed by atoms with Crippen LogP contribution in [0.4, 0.5) is 11.4 Å². The lowest BCUT2D eigenvalue weighted by molar-refractivity contribution is 0.482. The quantitative estimate of drug-likeness (QED) is 0.376. The van der Waals surface area contributed by atoms with Gasteiger partial charge in [0, 0.05) is 5.39 Å². The summed E-state index contributed by atoms with van der Waals surface area (Å²) < 4.78 is 0. The highest BCUT2D eigenvalue weighted by Gasteiger charge is 2.11. The maximum Gasteiger partial charge on any atom is 0.151 e. The number of azo groups is 1. The molecule has 0 saturated heterocycles. The van der Waals surface area contributed by atoms with Crippen molar-refractivity contribution in [2.45, 2.75) is 27.7 Å². The second-order valence-electron chi connectivity index (χ2n) is 7.19. The van der Waals surface area contributed by atoms with Crippen molar-refractivity contribution in [1.82, 2.24) is 0 Å². The van der Waals surface area contributed by atoms with Crippen LogP contribution in [0.5, 0.6) is 5.75 Å². The van der Waals surface area contributed by atoms with E-state index in [2.05, 4.69) is 54.4 Å². The van der Waals surface area contributed by atoms with Crippen LogP contribution in [-0.2, 0) is 0 Å². The fourth-order valence-corrected chi connectivity index (χ4v) is 3.63. The Bertz CT molecular complexity index is 1220. The molecule has 3 nitrogen and oxygen atoms in total. The molecular weight excluding hydrogens is 332 g/mol. The third-order valence-electron chi connectivity index (χ3n) is 5.21. The zero-order valence-electron chi connectivity index (χ0n) is 16.0. The minimum atomic E-state index is 0.183. The lowest BCUT2D eigenvalue weighted by Crippen LogP contribution is -1.84. The van der Waals surface area contributed by atoms with E-state index in [-0.39, 0.29) is 5.75 Å². The Kier molecular flexibility index (Phi) is 4.15. The van der Waals surface area contributed by atoms with Gasteiger partial charge in [0.15, 0.2) is 5.75 Å². The molecule has 4 rings (SSSR count). The topological polar surface area (TPSA) is 45.0 Å². The van der Waals surface area contributed by atoms with Crippen LogP contribution in [0.2, 0.25) is 0 Å². The first-order chi connectivity index (χ1) is 13.0. The molecule has 134 valence electrons. The fourth-order valence-electron chi connectivity index (χ4n) is 3.63. The number of rotatable bonds is 2. The van der Waals surface area contributed by atoms with E-state index < -0.39 is 0 Å². The van der Waals surface area contributed by atoms with E-state index in [1.807, 2.05) is 38.1 Å². The Labute approximate surface area is 159 Å². The summed E-state index contributed by atoms with van der Waals surface area (Å²) in [4.78, 5) is 0. The predicted molar refractivity (Wildman–Crippen MR) is 113 cm³/mol. The van der Waals surface area contributed by atoms with Crippen molar-refractivity contribution >= 4 is 32.9 Å². The zero-order chi connectivity index (χ0) is 19.1. The number of fused-ring (bicyclic) bond motifs is 2. The number of hydrogen-bond donors (Lipinski definition) is 1. The average molecular weight is 354 g/mol. The summed E-state index contributed by atoms with van der Waals surface area (Å²) in [5.41, 5.74) is 5.75. The Hall–Kier alpha value is -3.20. The van der Waals surface area contributed by atoms with Gasteiger partial charge >= 0.3 is 0 Å². The third-order valence-corrected chi connectivity index (χ3v) is 5.21. The summed E-state index contributed by atoms with van der Waals surface area (Å²) in [6.07, 6.45) is 0. The fraction of sp³-hybridized carbons (Fsp3) is 0.167. The molecule has 0 aromatic heterocycles. The molecule has 0 bridgehead atoms. The smallest absolute Gasteiger partial charge is 0.151 e. The van der Waals surface area contributed by atoms with Gasteiger partial charge in [0.1, 0.15) is 5.69 Å². The zero-order valence-corrected chi connectivity index (χ0v) is 16.0. The lowest BCUT2D eigenvalue weighted by atomic mass is 10.0. The van der Waals surface area contributed by atoms with Crippen molar-refractivity contribution in [2.24, 2.45) is 10.2 Å². The van der Waals surface area contributed by atoms with Crippen molar-refractivity contribution in [3.05, 3.63) is 76.9 Å². The molecule has 0 amide bonds. The van der Waals surface area contributed by atoms with Crippen molar-refractivity contribution in [3.63, 3.8) is 0 Å². The highest BCUT2D eigenvalue weighted by atomic mass is 16.3. The van der Waals surface area contributed by atoms with Crippen LogP contribution in [0.15, 0.2) is 64.8 Å². The first-order valence-corrected chi connectivity index (χ1v) is 9.09. The number of nitrogens with zero attached hydrogens (tertiary/aromatic N) is 2.